The first kappa shape index (κ1) is 11.1. The van der Waals surface area contributed by atoms with Crippen LogP contribution < -0.4 is 0 Å². The van der Waals surface area contributed by atoms with Gasteiger partial charge < -0.3 is 0 Å². The van der Waals surface area contributed by atoms with Gasteiger partial charge >= 0.3 is 0 Å². The number of hydrogen-bond donors (Lipinski definition) is 0. The van der Waals surface area contributed by atoms with Crippen LogP contribution >= 0.6 is 0 Å². The molecule has 3 heteroatoms. The molecule has 2 aliphatic rings. The van der Waals surface area contributed by atoms with Crippen LogP contribution in [0.25, 0.3) is 0 Å². The monoisotopic (exact) mass is 240 g/mol. The van der Waals surface area contributed by atoms with Gasteiger partial charge in [0.05, 0.1) is 0 Å². The topological polar surface area (TPSA) is 0 Å². The first-order chi connectivity index (χ1) is 7.99. The summed E-state index contributed by atoms with van der Waals surface area (Å²) in [5.41, 5.74) is 1.05. The van der Waals surface area contributed by atoms with E-state index in [1.165, 1.54) is 12.8 Å². The molecule has 0 atom stereocenters. The maximum atomic E-state index is 13.1. The van der Waals surface area contributed by atoms with Crippen LogP contribution in [0.3, 0.4) is 0 Å². The van der Waals surface area contributed by atoms with Gasteiger partial charge in [0.1, 0.15) is 0 Å². The zero-order valence-corrected chi connectivity index (χ0v) is 9.77. The van der Waals surface area contributed by atoms with Crippen molar-refractivity contribution in [2.75, 3.05) is 0 Å². The highest BCUT2D eigenvalue weighted by Crippen LogP contribution is 2.63. The lowest BCUT2D eigenvalue weighted by molar-refractivity contribution is -0.0343. The van der Waals surface area contributed by atoms with Gasteiger partial charge in [-0.2, -0.15) is 0 Å². The smallest absolute Gasteiger partial charge is 0.194 e. The van der Waals surface area contributed by atoms with Crippen molar-refractivity contribution in [1.29, 1.82) is 0 Å². The van der Waals surface area contributed by atoms with Crippen LogP contribution in [0.15, 0.2) is 12.1 Å². The normalized spacial score (nSPS) is 35.5. The number of hydrogen-bond acceptors (Lipinski definition) is 0. The molecule has 1 aromatic rings. The second kappa shape index (κ2) is 3.50. The van der Waals surface area contributed by atoms with Crippen molar-refractivity contribution in [1.82, 2.24) is 0 Å². The Morgan fingerprint density at radius 3 is 2.00 bits per heavy atom. The maximum absolute atomic E-state index is 13.1. The zero-order valence-electron chi connectivity index (χ0n) is 9.77. The summed E-state index contributed by atoms with van der Waals surface area (Å²) in [5, 5.41) is 0. The van der Waals surface area contributed by atoms with E-state index in [1.807, 2.05) is 0 Å². The third-order valence-corrected chi connectivity index (χ3v) is 4.40. The first-order valence-electron chi connectivity index (χ1n) is 6.13. The summed E-state index contributed by atoms with van der Waals surface area (Å²) in [7, 11) is 0. The molecule has 0 amide bonds. The average molecular weight is 240 g/mol. The van der Waals surface area contributed by atoms with Gasteiger partial charge in [-0.3, -0.25) is 0 Å². The Morgan fingerprint density at radius 2 is 1.53 bits per heavy atom. The lowest BCUT2D eigenvalue weighted by Crippen LogP contribution is -2.45. The molecule has 0 N–H and O–H groups in total. The van der Waals surface area contributed by atoms with Gasteiger partial charge in [-0.25, -0.2) is 13.2 Å². The van der Waals surface area contributed by atoms with Crippen molar-refractivity contribution < 1.29 is 13.2 Å². The predicted molar refractivity (Wildman–Crippen MR) is 59.1 cm³/mol. The van der Waals surface area contributed by atoms with Crippen LogP contribution in [0.1, 0.15) is 44.1 Å². The SMILES string of the molecule is CC1CC2(C1)CC(c1cc(F)c(F)c(F)c1)C2. The fourth-order valence-electron chi connectivity index (χ4n) is 3.78. The van der Waals surface area contributed by atoms with Crippen molar-refractivity contribution in [3.8, 4) is 0 Å². The van der Waals surface area contributed by atoms with Crippen molar-refractivity contribution in [2.45, 2.75) is 38.5 Å². The van der Waals surface area contributed by atoms with E-state index in [-0.39, 0.29) is 5.92 Å². The quantitative estimate of drug-likeness (QED) is 0.638. The molecular weight excluding hydrogens is 225 g/mol. The summed E-state index contributed by atoms with van der Waals surface area (Å²) < 4.78 is 39.0. The van der Waals surface area contributed by atoms with Crippen LogP contribution in [0.5, 0.6) is 0 Å². The lowest BCUT2D eigenvalue weighted by atomic mass is 9.47. The summed E-state index contributed by atoms with van der Waals surface area (Å²) in [6, 6.07) is 2.30. The Labute approximate surface area is 98.8 Å². The fourth-order valence-corrected chi connectivity index (χ4v) is 3.78. The average Bonchev–Trinajstić information content (AvgIpc) is 2.17. The van der Waals surface area contributed by atoms with Crippen molar-refractivity contribution in [2.24, 2.45) is 11.3 Å². The van der Waals surface area contributed by atoms with Crippen LogP contribution in [0, 0.1) is 28.8 Å². The minimum Gasteiger partial charge on any atom is -0.204 e. The van der Waals surface area contributed by atoms with E-state index < -0.39 is 17.5 Å². The molecule has 1 aromatic carbocycles. The Morgan fingerprint density at radius 1 is 1.00 bits per heavy atom. The van der Waals surface area contributed by atoms with Crippen molar-refractivity contribution in [3.05, 3.63) is 35.1 Å². The minimum absolute atomic E-state index is 0.215. The molecule has 0 aromatic heterocycles. The van der Waals surface area contributed by atoms with Crippen LogP contribution in [-0.2, 0) is 0 Å². The molecule has 2 fully saturated rings. The van der Waals surface area contributed by atoms with E-state index >= 15 is 0 Å². The van der Waals surface area contributed by atoms with E-state index in [2.05, 4.69) is 6.92 Å². The van der Waals surface area contributed by atoms with Crippen LogP contribution in [0.2, 0.25) is 0 Å². The summed E-state index contributed by atoms with van der Waals surface area (Å²) >= 11 is 0. The van der Waals surface area contributed by atoms with E-state index in [0.717, 1.165) is 30.9 Å². The highest BCUT2D eigenvalue weighted by atomic mass is 19.2. The van der Waals surface area contributed by atoms with Crippen LogP contribution in [0.4, 0.5) is 13.2 Å². The van der Waals surface area contributed by atoms with Crippen LogP contribution in [-0.4, -0.2) is 0 Å². The molecule has 0 saturated heterocycles. The van der Waals surface area contributed by atoms with Gasteiger partial charge in [-0.15, -0.1) is 0 Å². The zero-order chi connectivity index (χ0) is 12.2. The Hall–Kier alpha value is -0.990. The molecule has 0 radical (unpaired) electrons. The Bertz CT molecular complexity index is 430. The fraction of sp³-hybridized carbons (Fsp3) is 0.571. The molecule has 17 heavy (non-hydrogen) atoms. The van der Waals surface area contributed by atoms with Gasteiger partial charge in [0.2, 0.25) is 0 Å². The number of halogens is 3. The Kier molecular flexibility index (Phi) is 2.29. The van der Waals surface area contributed by atoms with Gasteiger partial charge in [0, 0.05) is 0 Å². The predicted octanol–water partition coefficient (Wildman–Crippen LogP) is 4.40. The molecular formula is C14H15F3. The summed E-state index contributed by atoms with van der Waals surface area (Å²) in [6.07, 6.45) is 4.47. The third-order valence-electron chi connectivity index (χ3n) is 4.40. The van der Waals surface area contributed by atoms with E-state index in [1.54, 1.807) is 0 Å². The third kappa shape index (κ3) is 1.67. The molecule has 2 saturated carbocycles. The standard InChI is InChI=1S/C14H15F3/c1-8-4-14(5-8)6-10(7-14)9-2-11(15)13(17)12(16)3-9/h2-3,8,10H,4-7H2,1H3. The van der Waals surface area contributed by atoms with Gasteiger partial charge in [0.25, 0.3) is 0 Å². The Balaban J connectivity index is 1.75. The molecule has 0 bridgehead atoms. The molecule has 2 aliphatic carbocycles. The van der Waals surface area contributed by atoms with Crippen molar-refractivity contribution in [3.63, 3.8) is 0 Å². The summed E-state index contributed by atoms with van der Waals surface area (Å²) in [5.74, 6) is -2.49. The molecule has 1 spiro atoms. The lowest BCUT2D eigenvalue weighted by Gasteiger charge is -2.57. The highest BCUT2D eigenvalue weighted by Gasteiger charge is 2.51. The summed E-state index contributed by atoms with van der Waals surface area (Å²) in [4.78, 5) is 0. The molecule has 92 valence electrons. The number of benzene rings is 1. The van der Waals surface area contributed by atoms with E-state index in [0.29, 0.717) is 11.0 Å². The largest absolute Gasteiger partial charge is 0.204 e. The van der Waals surface area contributed by atoms with E-state index in [4.69, 9.17) is 0 Å². The second-order valence-electron chi connectivity index (χ2n) is 5.92. The molecule has 3 rings (SSSR count). The molecule has 0 heterocycles. The molecule has 0 unspecified atom stereocenters. The number of rotatable bonds is 1. The molecule has 0 aliphatic heterocycles. The van der Waals surface area contributed by atoms with Crippen molar-refractivity contribution >= 4 is 0 Å². The molecule has 0 nitrogen and oxygen atoms in total. The first-order valence-corrected chi connectivity index (χ1v) is 6.13. The van der Waals surface area contributed by atoms with Gasteiger partial charge in [-0.1, -0.05) is 6.92 Å². The highest BCUT2D eigenvalue weighted by molar-refractivity contribution is 5.27. The van der Waals surface area contributed by atoms with E-state index in [9.17, 15) is 13.2 Å². The summed E-state index contributed by atoms with van der Waals surface area (Å²) in [6.45, 7) is 2.23. The minimum atomic E-state index is -1.36. The maximum Gasteiger partial charge on any atom is 0.194 e. The van der Waals surface area contributed by atoms with Gasteiger partial charge in [-0.05, 0) is 60.6 Å². The second-order valence-corrected chi connectivity index (χ2v) is 5.92. The van der Waals surface area contributed by atoms with Gasteiger partial charge in [0.15, 0.2) is 17.5 Å².